The zero-order valence-corrected chi connectivity index (χ0v) is 13.0. The summed E-state index contributed by atoms with van der Waals surface area (Å²) < 4.78 is 15.4. The lowest BCUT2D eigenvalue weighted by atomic mass is 10.2. The van der Waals surface area contributed by atoms with Crippen molar-refractivity contribution in [2.45, 2.75) is 0 Å². The molecule has 0 atom stereocenters. The molecule has 5 amide bonds. The quantitative estimate of drug-likeness (QED) is 0.637. The number of rotatable bonds is 4. The summed E-state index contributed by atoms with van der Waals surface area (Å²) in [6, 6.07) is 4.70. The molecule has 0 spiro atoms. The topological polar surface area (TPSA) is 105 Å². The molecule has 1 aromatic heterocycles. The highest BCUT2D eigenvalue weighted by Gasteiger charge is 2.42. The van der Waals surface area contributed by atoms with Crippen LogP contribution >= 0.6 is 0 Å². The first-order valence-corrected chi connectivity index (χ1v) is 7.11. The van der Waals surface area contributed by atoms with Crippen LogP contribution in [-0.2, 0) is 14.4 Å². The predicted octanol–water partition coefficient (Wildman–Crippen LogP) is 0.370. The Morgan fingerprint density at radius 1 is 1.24 bits per heavy atom. The number of amides is 5. The van der Waals surface area contributed by atoms with Crippen LogP contribution in [0.1, 0.15) is 0 Å². The molecule has 3 rings (SSSR count). The molecule has 128 valence electrons. The highest BCUT2D eigenvalue weighted by Crippen LogP contribution is 2.18. The van der Waals surface area contributed by atoms with Crippen LogP contribution in [-0.4, -0.2) is 56.9 Å². The average molecular weight is 345 g/mol. The molecule has 0 aliphatic carbocycles. The van der Waals surface area contributed by atoms with Crippen molar-refractivity contribution >= 4 is 29.4 Å². The second kappa shape index (κ2) is 6.15. The normalized spacial score (nSPS) is 14.4. The summed E-state index contributed by atoms with van der Waals surface area (Å²) in [5, 5.41) is 6.28. The third-order valence-electron chi connectivity index (χ3n) is 3.53. The van der Waals surface area contributed by atoms with Gasteiger partial charge < -0.3 is 5.32 Å². The number of carbonyl (C=O) groups is 4. The molecule has 1 fully saturated rings. The molecule has 2 heterocycles. The van der Waals surface area contributed by atoms with E-state index in [2.05, 4.69) is 10.4 Å². The first-order valence-electron chi connectivity index (χ1n) is 7.11. The van der Waals surface area contributed by atoms with E-state index in [0.717, 1.165) is 13.1 Å². The molecule has 9 nitrogen and oxygen atoms in total. The monoisotopic (exact) mass is 345 g/mol. The van der Waals surface area contributed by atoms with E-state index in [1.54, 1.807) is 12.3 Å². The van der Waals surface area contributed by atoms with Crippen molar-refractivity contribution in [2.24, 2.45) is 0 Å². The summed E-state index contributed by atoms with van der Waals surface area (Å²) >= 11 is 0. The molecule has 1 aromatic carbocycles. The fourth-order valence-corrected chi connectivity index (χ4v) is 2.28. The standard InChI is InChI=1S/C15H12FN5O4/c1-19-13(23)14(24)20(15(19)25)8-12(22)18-9-3-4-11(10(16)7-9)21-6-2-5-17-21/h2-7H,8H2,1H3,(H,18,22). The van der Waals surface area contributed by atoms with Crippen molar-refractivity contribution in [1.82, 2.24) is 19.6 Å². The van der Waals surface area contributed by atoms with E-state index in [-0.39, 0.29) is 11.4 Å². The fourth-order valence-electron chi connectivity index (χ4n) is 2.28. The molecule has 0 unspecified atom stereocenters. The Kier molecular flexibility index (Phi) is 4.01. The van der Waals surface area contributed by atoms with Crippen molar-refractivity contribution in [3.05, 3.63) is 42.5 Å². The first kappa shape index (κ1) is 16.3. The lowest BCUT2D eigenvalue weighted by Crippen LogP contribution is -2.38. The fraction of sp³-hybridized carbons (Fsp3) is 0.133. The Labute approximate surface area is 140 Å². The maximum absolute atomic E-state index is 14.1. The summed E-state index contributed by atoms with van der Waals surface area (Å²) in [6.07, 6.45) is 3.06. The molecule has 1 N–H and O–H groups in total. The highest BCUT2D eigenvalue weighted by atomic mass is 19.1. The first-order chi connectivity index (χ1) is 11.9. The number of carbonyl (C=O) groups excluding carboxylic acids is 4. The van der Waals surface area contributed by atoms with Gasteiger partial charge in [0, 0.05) is 25.1 Å². The molecule has 25 heavy (non-hydrogen) atoms. The van der Waals surface area contributed by atoms with Gasteiger partial charge in [-0.05, 0) is 24.3 Å². The lowest BCUT2D eigenvalue weighted by molar-refractivity contribution is -0.143. The van der Waals surface area contributed by atoms with Crippen LogP contribution in [0.3, 0.4) is 0 Å². The molecule has 2 aromatic rings. The lowest BCUT2D eigenvalue weighted by Gasteiger charge is -2.13. The van der Waals surface area contributed by atoms with Gasteiger partial charge in [0.1, 0.15) is 12.2 Å². The molecular formula is C15H12FN5O4. The van der Waals surface area contributed by atoms with Gasteiger partial charge in [-0.25, -0.2) is 18.8 Å². The van der Waals surface area contributed by atoms with Gasteiger partial charge in [0.05, 0.1) is 0 Å². The summed E-state index contributed by atoms with van der Waals surface area (Å²) in [5.74, 6) is -3.45. The zero-order chi connectivity index (χ0) is 18.1. The van der Waals surface area contributed by atoms with Gasteiger partial charge >= 0.3 is 17.8 Å². The van der Waals surface area contributed by atoms with Gasteiger partial charge in [-0.15, -0.1) is 0 Å². The third kappa shape index (κ3) is 2.96. The maximum atomic E-state index is 14.1. The summed E-state index contributed by atoms with van der Waals surface area (Å²) in [4.78, 5) is 47.8. The Morgan fingerprint density at radius 2 is 2.00 bits per heavy atom. The predicted molar refractivity (Wildman–Crippen MR) is 82.0 cm³/mol. The van der Waals surface area contributed by atoms with Gasteiger partial charge in [-0.3, -0.25) is 19.3 Å². The molecule has 0 radical (unpaired) electrons. The number of benzene rings is 1. The largest absolute Gasteiger partial charge is 0.334 e. The molecule has 1 aliphatic rings. The van der Waals surface area contributed by atoms with Gasteiger partial charge in [0.2, 0.25) is 5.91 Å². The number of halogens is 1. The Morgan fingerprint density at radius 3 is 2.56 bits per heavy atom. The summed E-state index contributed by atoms with van der Waals surface area (Å²) in [6.45, 7) is -0.643. The highest BCUT2D eigenvalue weighted by molar-refractivity contribution is 6.44. The van der Waals surface area contributed by atoms with E-state index in [0.29, 0.717) is 9.80 Å². The van der Waals surface area contributed by atoms with Gasteiger partial charge in [0.15, 0.2) is 5.82 Å². The van der Waals surface area contributed by atoms with E-state index in [9.17, 15) is 23.6 Å². The summed E-state index contributed by atoms with van der Waals surface area (Å²) in [5.41, 5.74) is 0.331. The molecule has 10 heteroatoms. The number of imide groups is 2. The van der Waals surface area contributed by atoms with Crippen LogP contribution in [0, 0.1) is 5.82 Å². The molecule has 0 bridgehead atoms. The van der Waals surface area contributed by atoms with Gasteiger partial charge in [0.25, 0.3) is 0 Å². The van der Waals surface area contributed by atoms with Gasteiger partial charge in [-0.2, -0.15) is 5.10 Å². The molecule has 1 saturated heterocycles. The number of nitrogens with zero attached hydrogens (tertiary/aromatic N) is 4. The molecule has 0 saturated carbocycles. The minimum Gasteiger partial charge on any atom is -0.324 e. The zero-order valence-electron chi connectivity index (χ0n) is 13.0. The number of anilines is 1. The Balaban J connectivity index is 1.70. The minimum absolute atomic E-state index is 0.136. The van der Waals surface area contributed by atoms with E-state index in [1.165, 1.54) is 23.0 Å². The number of likely N-dealkylation sites (N-methyl/N-ethyl adjacent to an activating group) is 1. The van der Waals surface area contributed by atoms with Crippen molar-refractivity contribution in [1.29, 1.82) is 0 Å². The van der Waals surface area contributed by atoms with Crippen molar-refractivity contribution in [3.8, 4) is 5.69 Å². The number of hydrogen-bond acceptors (Lipinski definition) is 5. The number of urea groups is 1. The second-order valence-electron chi connectivity index (χ2n) is 5.20. The van der Waals surface area contributed by atoms with Crippen LogP contribution in [0.5, 0.6) is 0 Å². The van der Waals surface area contributed by atoms with Crippen LogP contribution in [0.4, 0.5) is 14.9 Å². The number of nitrogens with one attached hydrogen (secondary N) is 1. The Bertz CT molecular complexity index is 880. The van der Waals surface area contributed by atoms with E-state index in [1.807, 2.05) is 0 Å². The SMILES string of the molecule is CN1C(=O)C(=O)N(CC(=O)Nc2ccc(-n3cccn3)c(F)c2)C1=O. The van der Waals surface area contributed by atoms with Crippen molar-refractivity contribution < 1.29 is 23.6 Å². The van der Waals surface area contributed by atoms with E-state index < -0.39 is 36.1 Å². The van der Waals surface area contributed by atoms with Crippen LogP contribution in [0.25, 0.3) is 5.69 Å². The van der Waals surface area contributed by atoms with E-state index >= 15 is 0 Å². The van der Waals surface area contributed by atoms with Crippen LogP contribution in [0.15, 0.2) is 36.7 Å². The molecular weight excluding hydrogens is 333 g/mol. The van der Waals surface area contributed by atoms with E-state index in [4.69, 9.17) is 0 Å². The number of aromatic nitrogens is 2. The second-order valence-corrected chi connectivity index (χ2v) is 5.20. The van der Waals surface area contributed by atoms with Crippen molar-refractivity contribution in [3.63, 3.8) is 0 Å². The van der Waals surface area contributed by atoms with Crippen LogP contribution < -0.4 is 5.32 Å². The smallest absolute Gasteiger partial charge is 0.324 e. The van der Waals surface area contributed by atoms with Gasteiger partial charge in [-0.1, -0.05) is 0 Å². The maximum Gasteiger partial charge on any atom is 0.334 e. The molecule has 1 aliphatic heterocycles. The van der Waals surface area contributed by atoms with Crippen LogP contribution in [0.2, 0.25) is 0 Å². The third-order valence-corrected chi connectivity index (χ3v) is 3.53. The average Bonchev–Trinajstić information content (AvgIpc) is 3.16. The van der Waals surface area contributed by atoms with Crippen molar-refractivity contribution in [2.75, 3.05) is 18.9 Å². The Hall–Kier alpha value is -3.56. The number of hydrogen-bond donors (Lipinski definition) is 1. The minimum atomic E-state index is -1.08. The summed E-state index contributed by atoms with van der Waals surface area (Å²) in [7, 11) is 1.14.